The summed E-state index contributed by atoms with van der Waals surface area (Å²) in [6.45, 7) is 10.3. The van der Waals surface area contributed by atoms with Crippen LogP contribution in [0.15, 0.2) is 180 Å². The smallest absolute Gasteiger partial charge is 0.414 e. The van der Waals surface area contributed by atoms with Gasteiger partial charge in [0.15, 0.2) is 34.2 Å². The van der Waals surface area contributed by atoms with Crippen LogP contribution in [-0.4, -0.2) is 195 Å². The Bertz CT molecular complexity index is 6920. The molecule has 1 saturated carbocycles. The minimum Gasteiger partial charge on any atom is -0.447 e. The molecule has 1 aliphatic rings. The largest absolute Gasteiger partial charge is 0.447 e. The molecule has 0 spiro atoms. The van der Waals surface area contributed by atoms with Crippen molar-refractivity contribution in [1.82, 2.24) is 89.7 Å². The highest BCUT2D eigenvalue weighted by molar-refractivity contribution is 7.20. The van der Waals surface area contributed by atoms with Gasteiger partial charge in [0.1, 0.15) is 54.1 Å². The standard InChI is InChI=1S/C18H19N5O4S.C17H15F2N5O4S.C17H14F2N4O4S2.C17H15N5O4S.C17H16N4O4S/c1-3-12(4-2)27-18(26)22-16(25)13-6-8-28-17(13)21-15(24)11-9-19-14-5-7-20-23(14)10-11;1-9(17(2,18)19)28-16(27)23-14(26)11-4-6-29-15(11)22-13(25)10-7-20-12-3-5-21-24(12)8-10;1-8(17(2,18)19)27-16(26)23-12(24)9-4-6-28-14(9)22-13(25)15-21-10-7-20-5-3-11(10)29-15;23-14(10-8-18-13-4-6-19-22(13)9-10)20-16-12(5-7-27-16)15(24)21-17(25)26-11-2-1-3-11;1-10(2)25-17(24)20-14(22)11-6-8-26-16(11)19-15(23)12-9-21-7-4-3-5-13(21)18-12/h5-10,12H,3-4H2,1-2H3,(H,21,24)(H,22,25,26);3-9H,1-2H3,(H,22,25)(H,23,26,27);3-8H,1-2H3,(H,22,25)(H,23,24,26);4-9,11H,1-3H2,(H,20,23)(H,21,24,25);3-10H,1-2H3,(H,19,23)(H,20,22,24). The van der Waals surface area contributed by atoms with Crippen molar-refractivity contribution in [3.63, 3.8) is 0 Å². The van der Waals surface area contributed by atoms with Crippen molar-refractivity contribution in [2.45, 2.75) is 130 Å². The molecule has 15 aromatic heterocycles. The number of hydrogen-bond acceptors (Lipinski definition) is 35. The van der Waals surface area contributed by atoms with Crippen LogP contribution in [0.1, 0.15) is 191 Å². The number of anilines is 5. The third-order valence-corrected chi connectivity index (χ3v) is 24.3. The van der Waals surface area contributed by atoms with Gasteiger partial charge in [-0.25, -0.2) is 80.0 Å². The van der Waals surface area contributed by atoms with E-state index in [2.05, 4.69) is 97.2 Å². The average molecular weight is 2020 g/mol. The zero-order chi connectivity index (χ0) is 99.9. The SMILES string of the molecule is CC(C)OC(=O)NC(=O)c1ccsc1NC(=O)c1cn2ccccc2n1.CC(OC(=O)NC(=O)c1ccsc1NC(=O)c1cnc2ccnn2c1)C(C)(F)F.CC(OC(=O)NC(=O)c1ccsc1NC(=O)c1nc2cnccc2s1)C(C)(F)F.CCC(CC)OC(=O)NC(=O)c1ccsc1NC(=O)c1cnc2ccnn2c1.O=C(NC(=O)c1ccsc1NC(=O)c1cnc2ccnn2c1)OC1CCC1. The fraction of sp³-hybridized carbons (Fsp3) is 0.233. The lowest BCUT2D eigenvalue weighted by Crippen LogP contribution is -2.38. The second kappa shape index (κ2) is 46.4. The first-order chi connectivity index (χ1) is 66.3. The third kappa shape index (κ3) is 27.8. The van der Waals surface area contributed by atoms with Crippen LogP contribution in [0.5, 0.6) is 0 Å². The number of pyridine rings is 2. The summed E-state index contributed by atoms with van der Waals surface area (Å²) in [5.74, 6) is -12.7. The summed E-state index contributed by atoms with van der Waals surface area (Å²) >= 11 is 6.77. The first-order valence-electron chi connectivity index (χ1n) is 41.2. The van der Waals surface area contributed by atoms with Crippen molar-refractivity contribution >= 4 is 215 Å². The molecular formula is C86H79F4N23O20S6. The highest BCUT2D eigenvalue weighted by atomic mass is 32.1. The molecule has 10 N–H and O–H groups in total. The summed E-state index contributed by atoms with van der Waals surface area (Å²) in [6.07, 6.45) is 14.7. The van der Waals surface area contributed by atoms with E-state index < -0.39 is 114 Å². The predicted molar refractivity (Wildman–Crippen MR) is 500 cm³/mol. The highest BCUT2D eigenvalue weighted by Gasteiger charge is 2.37. The van der Waals surface area contributed by atoms with Gasteiger partial charge in [-0.3, -0.25) is 79.5 Å². The van der Waals surface area contributed by atoms with E-state index in [1.165, 1.54) is 132 Å². The van der Waals surface area contributed by atoms with Gasteiger partial charge < -0.3 is 54.7 Å². The van der Waals surface area contributed by atoms with Gasteiger partial charge in [-0.2, -0.15) is 15.3 Å². The Kier molecular flexibility index (Phi) is 34.0. The number of aromatic nitrogens is 13. The minimum absolute atomic E-state index is 0.0148. The number of thiazole rings is 1. The molecule has 43 nitrogen and oxygen atoms in total. The lowest BCUT2D eigenvalue weighted by atomic mass is 9.96. The van der Waals surface area contributed by atoms with Crippen LogP contribution in [0.3, 0.4) is 0 Å². The lowest BCUT2D eigenvalue weighted by Gasteiger charge is -2.24. The molecule has 15 aromatic rings. The first kappa shape index (κ1) is 102. The number of amides is 15. The number of thiophene rings is 5. The Labute approximate surface area is 805 Å². The van der Waals surface area contributed by atoms with Crippen molar-refractivity contribution in [3.8, 4) is 0 Å². The average Bonchev–Trinajstić information content (AvgIpc) is 1.70. The lowest BCUT2D eigenvalue weighted by molar-refractivity contribution is -0.0878. The van der Waals surface area contributed by atoms with Crippen molar-refractivity contribution in [2.24, 2.45) is 0 Å². The normalized spacial score (nSPS) is 12.0. The molecule has 722 valence electrons. The summed E-state index contributed by atoms with van der Waals surface area (Å²) in [5, 5.41) is 44.8. The number of imidazole rings is 1. The summed E-state index contributed by atoms with van der Waals surface area (Å²) < 4.78 is 83.3. The number of alkyl carbamates (subject to hydrolysis) is 5. The van der Waals surface area contributed by atoms with E-state index in [4.69, 9.17) is 14.2 Å². The third-order valence-electron chi connectivity index (χ3n) is 19.1. The van der Waals surface area contributed by atoms with Gasteiger partial charge in [-0.1, -0.05) is 19.9 Å². The molecule has 2 atom stereocenters. The van der Waals surface area contributed by atoms with E-state index in [0.29, 0.717) is 69.8 Å². The molecule has 0 bridgehead atoms. The van der Waals surface area contributed by atoms with Crippen LogP contribution in [0.4, 0.5) is 66.5 Å². The summed E-state index contributed by atoms with van der Waals surface area (Å²) in [5.41, 5.74) is 4.47. The second-order valence-corrected chi connectivity index (χ2v) is 35.1. The van der Waals surface area contributed by atoms with Gasteiger partial charge >= 0.3 is 30.5 Å². The van der Waals surface area contributed by atoms with Crippen LogP contribution >= 0.6 is 68.0 Å². The van der Waals surface area contributed by atoms with Gasteiger partial charge in [0.25, 0.3) is 70.9 Å². The maximum Gasteiger partial charge on any atom is 0.414 e. The van der Waals surface area contributed by atoms with E-state index in [1.807, 2.05) is 36.6 Å². The molecule has 0 saturated heterocycles. The van der Waals surface area contributed by atoms with Gasteiger partial charge in [0, 0.05) is 87.8 Å². The van der Waals surface area contributed by atoms with Crippen molar-refractivity contribution in [1.29, 1.82) is 0 Å². The fourth-order valence-corrected chi connectivity index (χ4v) is 16.1. The van der Waals surface area contributed by atoms with Crippen molar-refractivity contribution < 1.29 is 113 Å². The molecule has 1 fully saturated rings. The molecule has 139 heavy (non-hydrogen) atoms. The van der Waals surface area contributed by atoms with Gasteiger partial charge in [-0.15, -0.1) is 68.0 Å². The van der Waals surface area contributed by atoms with Crippen LogP contribution < -0.4 is 53.2 Å². The Balaban J connectivity index is 0.000000156. The summed E-state index contributed by atoms with van der Waals surface area (Å²) in [4.78, 5) is 207. The Hall–Kier alpha value is -16.1. The van der Waals surface area contributed by atoms with E-state index in [-0.39, 0.29) is 83.5 Å². The van der Waals surface area contributed by atoms with E-state index in [1.54, 1.807) is 102 Å². The number of carbonyl (C=O) groups is 15. The van der Waals surface area contributed by atoms with E-state index in [9.17, 15) is 89.5 Å². The quantitative estimate of drug-likeness (QED) is 0.0198. The maximum absolute atomic E-state index is 13.1. The fourth-order valence-electron chi connectivity index (χ4n) is 11.4. The Morgan fingerprint density at radius 2 is 0.791 bits per heavy atom. The number of carbonyl (C=O) groups excluding carboxylic acids is 15. The molecule has 0 aromatic carbocycles. The first-order valence-corrected chi connectivity index (χ1v) is 46.4. The second-order valence-electron chi connectivity index (χ2n) is 29.5. The van der Waals surface area contributed by atoms with Gasteiger partial charge in [-0.05, 0) is 135 Å². The number of imide groups is 5. The van der Waals surface area contributed by atoms with Crippen molar-refractivity contribution in [3.05, 3.63) is 235 Å². The number of nitrogens with one attached hydrogen (secondary N) is 10. The topological polar surface area (TPSA) is 556 Å². The van der Waals surface area contributed by atoms with E-state index in [0.717, 1.165) is 71.8 Å². The summed E-state index contributed by atoms with van der Waals surface area (Å²) in [6, 6.07) is 19.6. The molecule has 16 rings (SSSR count). The number of ether oxygens (including phenoxy) is 5. The molecule has 15 amide bonds. The minimum atomic E-state index is -3.26. The molecular weight excluding hydrogens is 1940 g/mol. The van der Waals surface area contributed by atoms with Crippen molar-refractivity contribution in [2.75, 3.05) is 26.6 Å². The molecule has 2 unspecified atom stereocenters. The van der Waals surface area contributed by atoms with Crippen LogP contribution in [0.2, 0.25) is 0 Å². The van der Waals surface area contributed by atoms with Gasteiger partial charge in [0.05, 0.1) is 80.1 Å². The van der Waals surface area contributed by atoms with Crippen LogP contribution in [0.25, 0.3) is 32.8 Å². The van der Waals surface area contributed by atoms with Crippen LogP contribution in [0, 0.1) is 0 Å². The summed E-state index contributed by atoms with van der Waals surface area (Å²) in [7, 11) is 0. The zero-order valence-corrected chi connectivity index (χ0v) is 78.6. The highest BCUT2D eigenvalue weighted by Crippen LogP contribution is 2.32. The molecule has 53 heteroatoms. The Morgan fingerprint density at radius 3 is 1.15 bits per heavy atom. The number of fused-ring (bicyclic) bond motifs is 5. The number of halogens is 4. The van der Waals surface area contributed by atoms with Gasteiger partial charge in [0.2, 0.25) is 0 Å². The van der Waals surface area contributed by atoms with E-state index >= 15 is 0 Å². The zero-order valence-electron chi connectivity index (χ0n) is 73.7. The predicted octanol–water partition coefficient (Wildman–Crippen LogP) is 15.4. The molecule has 0 aliphatic heterocycles. The molecule has 0 radical (unpaired) electrons. The monoisotopic (exact) mass is 2020 g/mol. The molecule has 1 aliphatic carbocycles. The number of hydrogen-bond donors (Lipinski definition) is 10. The number of rotatable bonds is 24. The number of nitrogens with zero attached hydrogens (tertiary/aromatic N) is 13. The number of alkyl halides is 4. The molecule has 15 heterocycles. The van der Waals surface area contributed by atoms with Crippen LogP contribution in [-0.2, 0) is 23.7 Å². The maximum atomic E-state index is 13.1. The Morgan fingerprint density at radius 1 is 0.417 bits per heavy atom.